The van der Waals surface area contributed by atoms with Crippen molar-refractivity contribution in [3.8, 4) is 0 Å². The van der Waals surface area contributed by atoms with E-state index in [0.717, 1.165) is 0 Å². The summed E-state index contributed by atoms with van der Waals surface area (Å²) in [4.78, 5) is 1.82. The molecule has 0 radical (unpaired) electrons. The van der Waals surface area contributed by atoms with E-state index >= 15 is 0 Å². The van der Waals surface area contributed by atoms with Crippen molar-refractivity contribution in [2.75, 3.05) is 26.3 Å². The van der Waals surface area contributed by atoms with Gasteiger partial charge in [-0.15, -0.1) is 0 Å². The van der Waals surface area contributed by atoms with Gasteiger partial charge in [0.15, 0.2) is 0 Å². The van der Waals surface area contributed by atoms with E-state index in [1.54, 1.807) is 0 Å². The van der Waals surface area contributed by atoms with Gasteiger partial charge in [-0.2, -0.15) is 13.2 Å². The molecule has 0 bridgehead atoms. The molecule has 3 nitrogen and oxygen atoms in total. The van der Waals surface area contributed by atoms with Gasteiger partial charge in [-0.05, 0) is 19.3 Å². The Morgan fingerprint density at radius 3 is 2.35 bits per heavy atom. The van der Waals surface area contributed by atoms with Crippen LogP contribution in [0, 0.1) is 5.92 Å². The number of rotatable bonds is 1. The lowest BCUT2D eigenvalue weighted by Gasteiger charge is -2.43. The molecule has 0 spiro atoms. The standard InChI is InChI=1S/C11H18F3NO2/c12-11(13,14)9-2-1-8(16)7-10(9)15-3-5-17-6-4-15/h8-10,16H,1-7H2. The highest BCUT2D eigenvalue weighted by Gasteiger charge is 2.49. The number of halogens is 3. The van der Waals surface area contributed by atoms with Gasteiger partial charge in [0.25, 0.3) is 0 Å². The Hall–Kier alpha value is -0.330. The van der Waals surface area contributed by atoms with Crippen LogP contribution < -0.4 is 0 Å². The van der Waals surface area contributed by atoms with Crippen LogP contribution in [0.1, 0.15) is 19.3 Å². The number of ether oxygens (including phenoxy) is 1. The van der Waals surface area contributed by atoms with Crippen molar-refractivity contribution in [3.05, 3.63) is 0 Å². The Kier molecular flexibility index (Phi) is 3.95. The van der Waals surface area contributed by atoms with Crippen LogP contribution in [0.15, 0.2) is 0 Å². The van der Waals surface area contributed by atoms with Crippen molar-refractivity contribution >= 4 is 0 Å². The van der Waals surface area contributed by atoms with Crippen LogP contribution >= 0.6 is 0 Å². The Labute approximate surface area is 98.5 Å². The number of morpholine rings is 1. The van der Waals surface area contributed by atoms with Crippen molar-refractivity contribution in [3.63, 3.8) is 0 Å². The third kappa shape index (κ3) is 3.11. The molecule has 0 aromatic carbocycles. The minimum absolute atomic E-state index is 0.0344. The molecule has 0 amide bonds. The second-order valence-corrected chi connectivity index (χ2v) is 4.83. The molecule has 1 heterocycles. The summed E-state index contributed by atoms with van der Waals surface area (Å²) in [6.45, 7) is 2.03. The molecule has 1 aliphatic heterocycles. The van der Waals surface area contributed by atoms with E-state index in [0.29, 0.717) is 26.3 Å². The van der Waals surface area contributed by atoms with Crippen LogP contribution in [-0.4, -0.2) is 54.6 Å². The first kappa shape index (κ1) is 13.1. The fourth-order valence-corrected chi connectivity index (χ4v) is 2.82. The smallest absolute Gasteiger partial charge is 0.393 e. The van der Waals surface area contributed by atoms with Crippen LogP contribution in [-0.2, 0) is 4.74 Å². The maximum Gasteiger partial charge on any atom is 0.393 e. The highest BCUT2D eigenvalue weighted by molar-refractivity contribution is 4.91. The first-order valence-corrected chi connectivity index (χ1v) is 6.05. The molecule has 2 fully saturated rings. The zero-order chi connectivity index (χ0) is 12.5. The molecule has 6 heteroatoms. The third-order valence-electron chi connectivity index (χ3n) is 3.72. The monoisotopic (exact) mass is 253 g/mol. The van der Waals surface area contributed by atoms with E-state index < -0.39 is 24.2 Å². The van der Waals surface area contributed by atoms with Gasteiger partial charge in [0.05, 0.1) is 25.2 Å². The van der Waals surface area contributed by atoms with E-state index in [9.17, 15) is 18.3 Å². The highest BCUT2D eigenvalue weighted by Crippen LogP contribution is 2.40. The molecular formula is C11H18F3NO2. The van der Waals surface area contributed by atoms with Crippen LogP contribution in [0.3, 0.4) is 0 Å². The van der Waals surface area contributed by atoms with Gasteiger partial charge in [0, 0.05) is 19.1 Å². The quantitative estimate of drug-likeness (QED) is 0.767. The van der Waals surface area contributed by atoms with Gasteiger partial charge in [-0.3, -0.25) is 4.90 Å². The van der Waals surface area contributed by atoms with Crippen molar-refractivity contribution in [1.29, 1.82) is 0 Å². The Morgan fingerprint density at radius 2 is 1.76 bits per heavy atom. The molecule has 1 saturated heterocycles. The van der Waals surface area contributed by atoms with E-state index in [2.05, 4.69) is 0 Å². The largest absolute Gasteiger partial charge is 0.393 e. The van der Waals surface area contributed by atoms with Crippen LogP contribution in [0.25, 0.3) is 0 Å². The second-order valence-electron chi connectivity index (χ2n) is 4.83. The van der Waals surface area contributed by atoms with E-state index in [-0.39, 0.29) is 19.3 Å². The molecule has 3 unspecified atom stereocenters. The molecule has 2 rings (SSSR count). The average Bonchev–Trinajstić information content (AvgIpc) is 2.28. The minimum Gasteiger partial charge on any atom is -0.393 e. The third-order valence-corrected chi connectivity index (χ3v) is 3.72. The first-order chi connectivity index (χ1) is 7.98. The van der Waals surface area contributed by atoms with Crippen LogP contribution in [0.4, 0.5) is 13.2 Å². The number of nitrogens with zero attached hydrogens (tertiary/aromatic N) is 1. The summed E-state index contributed by atoms with van der Waals surface area (Å²) < 4.78 is 44.0. The Bertz CT molecular complexity index is 254. The fourth-order valence-electron chi connectivity index (χ4n) is 2.82. The lowest BCUT2D eigenvalue weighted by molar-refractivity contribution is -0.208. The first-order valence-electron chi connectivity index (χ1n) is 6.05. The van der Waals surface area contributed by atoms with E-state index in [4.69, 9.17) is 4.74 Å². The molecule has 100 valence electrons. The summed E-state index contributed by atoms with van der Waals surface area (Å²) in [5.74, 6) is -1.30. The molecule has 1 aliphatic carbocycles. The average molecular weight is 253 g/mol. The van der Waals surface area contributed by atoms with Gasteiger partial charge >= 0.3 is 6.18 Å². The van der Waals surface area contributed by atoms with E-state index in [1.165, 1.54) is 0 Å². The molecule has 17 heavy (non-hydrogen) atoms. The van der Waals surface area contributed by atoms with Gasteiger partial charge in [-0.1, -0.05) is 0 Å². The highest BCUT2D eigenvalue weighted by atomic mass is 19.4. The second kappa shape index (κ2) is 5.12. The number of hydrogen-bond donors (Lipinski definition) is 1. The Balaban J connectivity index is 2.07. The Morgan fingerprint density at radius 1 is 1.12 bits per heavy atom. The maximum atomic E-state index is 12.9. The molecule has 0 aromatic heterocycles. The van der Waals surface area contributed by atoms with Crippen molar-refractivity contribution < 1.29 is 23.0 Å². The maximum absolute atomic E-state index is 12.9. The summed E-state index contributed by atoms with van der Waals surface area (Å²) in [5, 5.41) is 9.57. The van der Waals surface area contributed by atoms with Gasteiger partial charge in [0.2, 0.25) is 0 Å². The van der Waals surface area contributed by atoms with Crippen LogP contribution in [0.2, 0.25) is 0 Å². The van der Waals surface area contributed by atoms with Crippen LogP contribution in [0.5, 0.6) is 0 Å². The molecule has 1 N–H and O–H groups in total. The number of hydrogen-bond acceptors (Lipinski definition) is 3. The number of aliphatic hydroxyl groups is 1. The summed E-state index contributed by atoms with van der Waals surface area (Å²) in [5.41, 5.74) is 0. The molecule has 1 saturated carbocycles. The normalized spacial score (nSPS) is 37.1. The predicted octanol–water partition coefficient (Wildman–Crippen LogP) is 1.41. The summed E-state index contributed by atoms with van der Waals surface area (Å²) in [6, 6.07) is -0.581. The van der Waals surface area contributed by atoms with Crippen molar-refractivity contribution in [2.45, 2.75) is 37.6 Å². The molecule has 0 aromatic rings. The number of alkyl halides is 3. The number of aliphatic hydroxyl groups excluding tert-OH is 1. The molecule has 2 aliphatic rings. The zero-order valence-corrected chi connectivity index (χ0v) is 9.62. The zero-order valence-electron chi connectivity index (χ0n) is 9.62. The summed E-state index contributed by atoms with van der Waals surface area (Å²) >= 11 is 0. The van der Waals surface area contributed by atoms with Gasteiger partial charge in [-0.25, -0.2) is 0 Å². The predicted molar refractivity (Wildman–Crippen MR) is 55.6 cm³/mol. The summed E-state index contributed by atoms with van der Waals surface area (Å²) in [7, 11) is 0. The minimum atomic E-state index is -4.16. The SMILES string of the molecule is OC1CCC(C(F)(F)F)C(N2CCOCC2)C1. The lowest BCUT2D eigenvalue weighted by atomic mass is 9.81. The fraction of sp³-hybridized carbons (Fsp3) is 1.00. The van der Waals surface area contributed by atoms with Gasteiger partial charge in [0.1, 0.15) is 0 Å². The lowest BCUT2D eigenvalue weighted by Crippen LogP contribution is -2.53. The van der Waals surface area contributed by atoms with Crippen molar-refractivity contribution in [2.24, 2.45) is 5.92 Å². The van der Waals surface area contributed by atoms with Crippen molar-refractivity contribution in [1.82, 2.24) is 4.90 Å². The van der Waals surface area contributed by atoms with Gasteiger partial charge < -0.3 is 9.84 Å². The van der Waals surface area contributed by atoms with E-state index in [1.807, 2.05) is 4.90 Å². The molecular weight excluding hydrogens is 235 g/mol. The molecule has 3 atom stereocenters. The summed E-state index contributed by atoms with van der Waals surface area (Å²) in [6.07, 6.45) is -4.24. The topological polar surface area (TPSA) is 32.7 Å².